The largest absolute Gasteiger partial charge is 0.392 e. The lowest BCUT2D eigenvalue weighted by molar-refractivity contribution is 0.343. The summed E-state index contributed by atoms with van der Waals surface area (Å²) >= 11 is 0. The van der Waals surface area contributed by atoms with Crippen LogP contribution in [-0.4, -0.2) is 21.5 Å². The third-order valence-corrected chi connectivity index (χ3v) is 1.68. The molecule has 0 saturated heterocycles. The van der Waals surface area contributed by atoms with Crippen LogP contribution in [0.15, 0.2) is 12.3 Å². The number of hydrogen-bond acceptors (Lipinski definition) is 2. The zero-order valence-electron chi connectivity index (χ0n) is 6.78. The Bertz CT molecular complexity index is 263. The van der Waals surface area contributed by atoms with Gasteiger partial charge in [-0.05, 0) is 6.92 Å². The number of hydrogen-bond donors (Lipinski definition) is 1. The Labute approximate surface area is 66.0 Å². The van der Waals surface area contributed by atoms with Gasteiger partial charge in [0.1, 0.15) is 0 Å². The van der Waals surface area contributed by atoms with Gasteiger partial charge in [0.05, 0.1) is 12.8 Å². The first kappa shape index (κ1) is 8.01. The molecule has 0 fully saturated rings. The number of aliphatic hydroxyl groups excluding tert-OH is 1. The number of rotatable bonds is 2. The van der Waals surface area contributed by atoms with Crippen LogP contribution < -0.4 is 0 Å². The summed E-state index contributed by atoms with van der Waals surface area (Å²) in [4.78, 5) is 0. The van der Waals surface area contributed by atoms with Crippen molar-refractivity contribution in [3.05, 3.63) is 23.5 Å². The topological polar surface area (TPSA) is 38.1 Å². The first-order valence-corrected chi connectivity index (χ1v) is 3.51. The van der Waals surface area contributed by atoms with E-state index in [-0.39, 0.29) is 6.61 Å². The first-order chi connectivity index (χ1) is 5.25. The molecule has 0 bridgehead atoms. The van der Waals surface area contributed by atoms with Crippen LogP contribution in [0, 0.1) is 6.92 Å². The Morgan fingerprint density at radius 3 is 2.91 bits per heavy atom. The molecule has 3 heteroatoms. The quantitative estimate of drug-likeness (QED) is 0.678. The van der Waals surface area contributed by atoms with E-state index in [1.807, 2.05) is 20.0 Å². The SMILES string of the molecule is Cc1c(C=CCO)cnn1C. The predicted molar refractivity (Wildman–Crippen MR) is 44.1 cm³/mol. The fourth-order valence-electron chi connectivity index (χ4n) is 0.859. The summed E-state index contributed by atoms with van der Waals surface area (Å²) in [6.07, 6.45) is 5.34. The van der Waals surface area contributed by atoms with Crippen LogP contribution in [0.1, 0.15) is 11.3 Å². The highest BCUT2D eigenvalue weighted by Crippen LogP contribution is 2.06. The lowest BCUT2D eigenvalue weighted by Gasteiger charge is -1.92. The first-order valence-electron chi connectivity index (χ1n) is 3.51. The number of aliphatic hydroxyl groups is 1. The summed E-state index contributed by atoms with van der Waals surface area (Å²) in [5.41, 5.74) is 2.16. The summed E-state index contributed by atoms with van der Waals surface area (Å²) in [5.74, 6) is 0. The van der Waals surface area contributed by atoms with Gasteiger partial charge in [-0.15, -0.1) is 0 Å². The minimum atomic E-state index is 0.0777. The molecular weight excluding hydrogens is 140 g/mol. The molecule has 1 N–H and O–H groups in total. The number of aryl methyl sites for hydroxylation is 1. The van der Waals surface area contributed by atoms with Crippen molar-refractivity contribution in [3.8, 4) is 0 Å². The van der Waals surface area contributed by atoms with Crippen molar-refractivity contribution in [2.24, 2.45) is 7.05 Å². The van der Waals surface area contributed by atoms with Crippen molar-refractivity contribution in [1.29, 1.82) is 0 Å². The van der Waals surface area contributed by atoms with E-state index >= 15 is 0 Å². The van der Waals surface area contributed by atoms with E-state index in [0.717, 1.165) is 11.3 Å². The van der Waals surface area contributed by atoms with Gasteiger partial charge in [-0.3, -0.25) is 4.68 Å². The van der Waals surface area contributed by atoms with Crippen molar-refractivity contribution in [3.63, 3.8) is 0 Å². The van der Waals surface area contributed by atoms with E-state index in [4.69, 9.17) is 5.11 Å². The molecule has 0 atom stereocenters. The zero-order chi connectivity index (χ0) is 8.27. The Hall–Kier alpha value is -1.09. The van der Waals surface area contributed by atoms with Crippen LogP contribution in [0.3, 0.4) is 0 Å². The van der Waals surface area contributed by atoms with Gasteiger partial charge in [-0.25, -0.2) is 0 Å². The molecule has 0 saturated carbocycles. The summed E-state index contributed by atoms with van der Waals surface area (Å²) in [5, 5.41) is 12.6. The highest BCUT2D eigenvalue weighted by molar-refractivity contribution is 5.50. The lowest BCUT2D eigenvalue weighted by atomic mass is 10.2. The second-order valence-electron chi connectivity index (χ2n) is 2.39. The van der Waals surface area contributed by atoms with Gasteiger partial charge in [0.25, 0.3) is 0 Å². The van der Waals surface area contributed by atoms with Gasteiger partial charge in [-0.2, -0.15) is 5.10 Å². The van der Waals surface area contributed by atoms with Crippen molar-refractivity contribution in [2.45, 2.75) is 6.92 Å². The highest BCUT2D eigenvalue weighted by atomic mass is 16.2. The molecular formula is C8H12N2O. The lowest BCUT2D eigenvalue weighted by Crippen LogP contribution is -1.92. The van der Waals surface area contributed by atoms with Gasteiger partial charge in [0, 0.05) is 18.3 Å². The third-order valence-electron chi connectivity index (χ3n) is 1.68. The molecule has 0 unspecified atom stereocenters. The van der Waals surface area contributed by atoms with Crippen LogP contribution in [0.25, 0.3) is 6.08 Å². The van der Waals surface area contributed by atoms with E-state index in [0.29, 0.717) is 0 Å². The minimum absolute atomic E-state index is 0.0777. The molecule has 0 aromatic carbocycles. The molecule has 1 heterocycles. The van der Waals surface area contributed by atoms with Crippen molar-refractivity contribution >= 4 is 6.08 Å². The van der Waals surface area contributed by atoms with Crippen LogP contribution in [0.4, 0.5) is 0 Å². The van der Waals surface area contributed by atoms with E-state index in [1.54, 1.807) is 17.0 Å². The molecule has 1 aromatic heterocycles. The van der Waals surface area contributed by atoms with Gasteiger partial charge in [0.2, 0.25) is 0 Å². The van der Waals surface area contributed by atoms with Crippen molar-refractivity contribution in [2.75, 3.05) is 6.61 Å². The van der Waals surface area contributed by atoms with Crippen LogP contribution in [0.5, 0.6) is 0 Å². The van der Waals surface area contributed by atoms with Crippen LogP contribution in [0.2, 0.25) is 0 Å². The summed E-state index contributed by atoms with van der Waals surface area (Å²) in [6.45, 7) is 2.07. The van der Waals surface area contributed by atoms with Gasteiger partial charge in [0.15, 0.2) is 0 Å². The molecule has 3 nitrogen and oxygen atoms in total. The second kappa shape index (κ2) is 3.34. The standard InChI is InChI=1S/C8H12N2O/c1-7-8(4-3-5-11)6-9-10(7)2/h3-4,6,11H,5H2,1-2H3. The molecule has 0 aliphatic carbocycles. The van der Waals surface area contributed by atoms with E-state index in [9.17, 15) is 0 Å². The second-order valence-corrected chi connectivity index (χ2v) is 2.39. The maximum atomic E-state index is 8.51. The zero-order valence-corrected chi connectivity index (χ0v) is 6.78. The Balaban J connectivity index is 2.87. The molecule has 0 spiro atoms. The predicted octanol–water partition coefficient (Wildman–Crippen LogP) is 0.734. The maximum Gasteiger partial charge on any atom is 0.0615 e. The van der Waals surface area contributed by atoms with Gasteiger partial charge >= 0.3 is 0 Å². The van der Waals surface area contributed by atoms with Crippen molar-refractivity contribution in [1.82, 2.24) is 9.78 Å². The Morgan fingerprint density at radius 1 is 1.73 bits per heavy atom. The van der Waals surface area contributed by atoms with Crippen molar-refractivity contribution < 1.29 is 5.11 Å². The molecule has 0 aliphatic rings. The van der Waals surface area contributed by atoms with Crippen LogP contribution >= 0.6 is 0 Å². The van der Waals surface area contributed by atoms with E-state index in [2.05, 4.69) is 5.10 Å². The average Bonchev–Trinajstić information content (AvgIpc) is 2.31. The van der Waals surface area contributed by atoms with Crippen LogP contribution in [-0.2, 0) is 7.05 Å². The molecule has 0 aliphatic heterocycles. The fourth-order valence-corrected chi connectivity index (χ4v) is 0.859. The summed E-state index contributed by atoms with van der Waals surface area (Å²) < 4.78 is 1.80. The number of aromatic nitrogens is 2. The molecule has 60 valence electrons. The molecule has 0 radical (unpaired) electrons. The normalized spacial score (nSPS) is 11.2. The summed E-state index contributed by atoms with van der Waals surface area (Å²) in [7, 11) is 1.89. The van der Waals surface area contributed by atoms with E-state index in [1.165, 1.54) is 0 Å². The fraction of sp³-hybridized carbons (Fsp3) is 0.375. The van der Waals surface area contributed by atoms with E-state index < -0.39 is 0 Å². The summed E-state index contributed by atoms with van der Waals surface area (Å²) in [6, 6.07) is 0. The third kappa shape index (κ3) is 1.68. The highest BCUT2D eigenvalue weighted by Gasteiger charge is 1.97. The maximum absolute atomic E-state index is 8.51. The monoisotopic (exact) mass is 152 g/mol. The minimum Gasteiger partial charge on any atom is -0.392 e. The smallest absolute Gasteiger partial charge is 0.0615 e. The molecule has 0 amide bonds. The number of nitrogens with zero attached hydrogens (tertiary/aromatic N) is 2. The molecule has 1 rings (SSSR count). The molecule has 11 heavy (non-hydrogen) atoms. The molecule has 1 aromatic rings. The van der Waals surface area contributed by atoms with Gasteiger partial charge in [-0.1, -0.05) is 12.2 Å². The van der Waals surface area contributed by atoms with Gasteiger partial charge < -0.3 is 5.11 Å². The average molecular weight is 152 g/mol. The Kier molecular flexibility index (Phi) is 2.44. The Morgan fingerprint density at radius 2 is 2.45 bits per heavy atom.